The summed E-state index contributed by atoms with van der Waals surface area (Å²) in [7, 11) is 0. The number of nitrogens with one attached hydrogen (secondary N) is 1. The monoisotopic (exact) mass is 663 g/mol. The fourth-order valence-corrected chi connectivity index (χ4v) is 6.07. The topological polar surface area (TPSA) is 88.8 Å². The fraction of sp³-hybridized carbons (Fsp3) is 0.281. The molecule has 222 valence electrons. The Morgan fingerprint density at radius 2 is 1.74 bits per heavy atom. The van der Waals surface area contributed by atoms with Gasteiger partial charge in [0.15, 0.2) is 0 Å². The summed E-state index contributed by atoms with van der Waals surface area (Å²) in [4.78, 5) is 45.1. The Morgan fingerprint density at radius 3 is 2.47 bits per heavy atom. The van der Waals surface area contributed by atoms with Gasteiger partial charge in [0.2, 0.25) is 0 Å². The number of hydrogen-bond donors (Lipinski definition) is 1. The fourth-order valence-electron chi connectivity index (χ4n) is 5.64. The molecule has 0 bridgehead atoms. The largest absolute Gasteiger partial charge is 0.375 e. The normalized spacial score (nSPS) is 16.6. The lowest BCUT2D eigenvalue weighted by atomic mass is 10.1. The molecule has 0 aliphatic carbocycles. The van der Waals surface area contributed by atoms with E-state index >= 15 is 0 Å². The molecule has 6 rings (SSSR count). The van der Waals surface area contributed by atoms with E-state index in [9.17, 15) is 14.4 Å². The third kappa shape index (κ3) is 6.00. The Bertz CT molecular complexity index is 1720. The molecule has 1 atom stereocenters. The van der Waals surface area contributed by atoms with E-state index in [2.05, 4.69) is 26.1 Å². The Hall–Kier alpha value is -3.86. The van der Waals surface area contributed by atoms with Gasteiger partial charge in [0.25, 0.3) is 11.8 Å². The molecule has 3 heterocycles. The number of halogens is 2. The molecule has 2 aliphatic rings. The Kier molecular flexibility index (Phi) is 8.43. The maximum Gasteiger partial charge on any atom is 0.333 e. The van der Waals surface area contributed by atoms with Gasteiger partial charge in [-0.25, -0.2) is 4.79 Å². The smallest absolute Gasteiger partial charge is 0.333 e. The molecule has 0 radical (unpaired) electrons. The van der Waals surface area contributed by atoms with Crippen molar-refractivity contribution in [1.82, 2.24) is 19.4 Å². The molecular weight excluding hydrogens is 634 g/mol. The molecule has 3 aromatic carbocycles. The van der Waals surface area contributed by atoms with Gasteiger partial charge in [0.05, 0.1) is 35.7 Å². The zero-order valence-electron chi connectivity index (χ0n) is 23.6. The van der Waals surface area contributed by atoms with E-state index in [-0.39, 0.29) is 42.4 Å². The second-order valence-corrected chi connectivity index (χ2v) is 12.0. The zero-order valence-corrected chi connectivity index (χ0v) is 26.0. The number of hydrogen-bond acceptors (Lipinski definition) is 5. The minimum Gasteiger partial charge on any atom is -0.375 e. The highest BCUT2D eigenvalue weighted by molar-refractivity contribution is 9.10. The van der Waals surface area contributed by atoms with Gasteiger partial charge >= 0.3 is 5.69 Å². The van der Waals surface area contributed by atoms with Crippen LogP contribution in [0.3, 0.4) is 0 Å². The van der Waals surface area contributed by atoms with E-state index in [1.165, 1.54) is 4.57 Å². The number of amides is 2. The first kappa shape index (κ1) is 29.2. The lowest BCUT2D eigenvalue weighted by Gasteiger charge is -2.33. The van der Waals surface area contributed by atoms with Crippen LogP contribution in [0.15, 0.2) is 82.1 Å². The second kappa shape index (κ2) is 12.4. The van der Waals surface area contributed by atoms with Crippen molar-refractivity contribution in [3.63, 3.8) is 0 Å². The van der Waals surface area contributed by atoms with Crippen LogP contribution in [-0.2, 0) is 24.4 Å². The molecule has 2 aliphatic heterocycles. The van der Waals surface area contributed by atoms with Crippen molar-refractivity contribution in [3.05, 3.63) is 115 Å². The minimum absolute atomic E-state index is 0.104. The van der Waals surface area contributed by atoms with Crippen molar-refractivity contribution >= 4 is 45.0 Å². The van der Waals surface area contributed by atoms with Gasteiger partial charge in [-0.3, -0.25) is 18.7 Å². The van der Waals surface area contributed by atoms with Gasteiger partial charge in [-0.05, 0) is 70.9 Å². The molecule has 0 unspecified atom stereocenters. The highest BCUT2D eigenvalue weighted by atomic mass is 79.9. The molecule has 43 heavy (non-hydrogen) atoms. The van der Waals surface area contributed by atoms with E-state index in [1.807, 2.05) is 61.5 Å². The lowest BCUT2D eigenvalue weighted by molar-refractivity contribution is 0.0532. The summed E-state index contributed by atoms with van der Waals surface area (Å²) in [5.74, 6) is -0.609. The summed E-state index contributed by atoms with van der Waals surface area (Å²) < 4.78 is 9.44. The number of ether oxygens (including phenoxy) is 1. The van der Waals surface area contributed by atoms with Crippen LogP contribution in [0.2, 0.25) is 5.02 Å². The van der Waals surface area contributed by atoms with Gasteiger partial charge < -0.3 is 19.9 Å². The third-order valence-corrected chi connectivity index (χ3v) is 9.09. The number of carbonyl (C=O) groups is 2. The number of benzene rings is 3. The maximum atomic E-state index is 13.9. The molecule has 11 heteroatoms. The molecule has 1 saturated heterocycles. The highest BCUT2D eigenvalue weighted by Gasteiger charge is 2.32. The SMILES string of the molecule is C[C@H]1CN(c2ccc(-n3c(C(=O)NCc4ccccc4)c4n(c3=O)CCN(C(=O)c3ccc(Br)c(Cl)c3)C4)cc2)CCO1. The molecule has 0 saturated carbocycles. The van der Waals surface area contributed by atoms with Gasteiger partial charge in [0, 0.05) is 48.4 Å². The number of carbonyl (C=O) groups excluding carboxylic acids is 2. The van der Waals surface area contributed by atoms with Crippen LogP contribution in [0.1, 0.15) is 39.0 Å². The van der Waals surface area contributed by atoms with Crippen molar-refractivity contribution in [3.8, 4) is 5.69 Å². The average Bonchev–Trinajstić information content (AvgIpc) is 3.32. The summed E-state index contributed by atoms with van der Waals surface area (Å²) in [6, 6.07) is 22.3. The van der Waals surface area contributed by atoms with E-state index < -0.39 is 0 Å². The Balaban J connectivity index is 1.35. The van der Waals surface area contributed by atoms with Crippen LogP contribution in [0.5, 0.6) is 0 Å². The van der Waals surface area contributed by atoms with Gasteiger partial charge in [-0.15, -0.1) is 0 Å². The highest BCUT2D eigenvalue weighted by Crippen LogP contribution is 2.27. The number of fused-ring (bicyclic) bond motifs is 1. The third-order valence-electron chi connectivity index (χ3n) is 7.86. The molecular formula is C32H31BrClN5O4. The number of nitrogens with zero attached hydrogens (tertiary/aromatic N) is 4. The van der Waals surface area contributed by atoms with Crippen molar-refractivity contribution in [1.29, 1.82) is 0 Å². The molecule has 1 aromatic heterocycles. The number of aromatic nitrogens is 2. The summed E-state index contributed by atoms with van der Waals surface area (Å²) >= 11 is 9.63. The first-order chi connectivity index (χ1) is 20.8. The summed E-state index contributed by atoms with van der Waals surface area (Å²) in [6.07, 6.45) is 0.133. The average molecular weight is 665 g/mol. The second-order valence-electron chi connectivity index (χ2n) is 10.7. The van der Waals surface area contributed by atoms with Crippen LogP contribution in [0, 0.1) is 0 Å². The lowest BCUT2D eigenvalue weighted by Crippen LogP contribution is -2.41. The number of morpholine rings is 1. The van der Waals surface area contributed by atoms with Gasteiger partial charge in [0.1, 0.15) is 5.69 Å². The number of rotatable bonds is 6. The van der Waals surface area contributed by atoms with E-state index in [0.29, 0.717) is 46.1 Å². The molecule has 2 amide bonds. The Labute approximate surface area is 262 Å². The first-order valence-corrected chi connectivity index (χ1v) is 15.3. The van der Waals surface area contributed by atoms with E-state index in [1.54, 1.807) is 27.7 Å². The molecule has 4 aromatic rings. The first-order valence-electron chi connectivity index (χ1n) is 14.2. The zero-order chi connectivity index (χ0) is 30.1. The van der Waals surface area contributed by atoms with Crippen molar-refractivity contribution < 1.29 is 14.3 Å². The Morgan fingerprint density at radius 1 is 1.00 bits per heavy atom. The van der Waals surface area contributed by atoms with E-state index in [4.69, 9.17) is 16.3 Å². The van der Waals surface area contributed by atoms with Crippen LogP contribution >= 0.6 is 27.5 Å². The molecule has 1 fully saturated rings. The maximum absolute atomic E-state index is 13.9. The molecule has 0 spiro atoms. The van der Waals surface area contributed by atoms with Crippen molar-refractivity contribution in [2.75, 3.05) is 31.1 Å². The van der Waals surface area contributed by atoms with Gasteiger partial charge in [-0.2, -0.15) is 0 Å². The minimum atomic E-state index is -0.387. The van der Waals surface area contributed by atoms with Crippen molar-refractivity contribution in [2.45, 2.75) is 32.7 Å². The molecule has 9 nitrogen and oxygen atoms in total. The molecule has 1 N–H and O–H groups in total. The quantitative estimate of drug-likeness (QED) is 0.318. The summed E-state index contributed by atoms with van der Waals surface area (Å²) in [5.41, 5.74) is 3.38. The number of imidazole rings is 1. The summed E-state index contributed by atoms with van der Waals surface area (Å²) in [6.45, 7) is 5.25. The summed E-state index contributed by atoms with van der Waals surface area (Å²) in [5, 5.41) is 3.42. The predicted octanol–water partition coefficient (Wildman–Crippen LogP) is 4.87. The van der Waals surface area contributed by atoms with Crippen LogP contribution in [0.25, 0.3) is 5.69 Å². The van der Waals surface area contributed by atoms with Crippen LogP contribution < -0.4 is 15.9 Å². The van der Waals surface area contributed by atoms with Crippen molar-refractivity contribution in [2.24, 2.45) is 0 Å². The predicted molar refractivity (Wildman–Crippen MR) is 169 cm³/mol. The standard InChI is InChI=1S/C32H31BrClN5O4/c1-21-19-36(15-16-43-21)24-8-10-25(11-9-24)39-29(30(40)35-18-22-5-3-2-4-6-22)28-20-37(13-14-38(28)32(39)42)31(41)23-7-12-26(33)27(34)17-23/h2-12,17,21H,13-16,18-20H2,1H3,(H,35,40)/t21-/m0/s1. The van der Waals surface area contributed by atoms with Crippen LogP contribution in [-0.4, -0.2) is 58.2 Å². The van der Waals surface area contributed by atoms with E-state index in [0.717, 1.165) is 24.3 Å². The number of anilines is 1. The van der Waals surface area contributed by atoms with Gasteiger partial charge in [-0.1, -0.05) is 41.9 Å². The van der Waals surface area contributed by atoms with Crippen LogP contribution in [0.4, 0.5) is 5.69 Å².